The molecular weight excluding hydrogens is 334 g/mol. The first kappa shape index (κ1) is 16.4. The van der Waals surface area contributed by atoms with Crippen molar-refractivity contribution in [2.45, 2.75) is 13.0 Å². The average Bonchev–Trinajstić information content (AvgIpc) is 3.27. The number of ether oxygens (including phenoxy) is 2. The summed E-state index contributed by atoms with van der Waals surface area (Å²) in [5, 5.41) is 0. The lowest BCUT2D eigenvalue weighted by molar-refractivity contribution is -0.135. The van der Waals surface area contributed by atoms with Crippen LogP contribution in [0.3, 0.4) is 0 Å². The first-order valence-corrected chi connectivity index (χ1v) is 8.47. The second kappa shape index (κ2) is 6.67. The fourth-order valence-electron chi connectivity index (χ4n) is 3.30. The van der Waals surface area contributed by atoms with E-state index in [1.165, 1.54) is 0 Å². The molecule has 1 aromatic carbocycles. The van der Waals surface area contributed by atoms with Crippen LogP contribution < -0.4 is 14.4 Å². The van der Waals surface area contributed by atoms with Gasteiger partial charge in [-0.05, 0) is 24.3 Å². The van der Waals surface area contributed by atoms with E-state index >= 15 is 0 Å². The number of hydrogen-bond donors (Lipinski definition) is 0. The van der Waals surface area contributed by atoms with Crippen LogP contribution in [-0.4, -0.2) is 42.1 Å². The summed E-state index contributed by atoms with van der Waals surface area (Å²) < 4.78 is 10.7. The summed E-state index contributed by atoms with van der Waals surface area (Å²) in [4.78, 5) is 32.7. The number of benzene rings is 1. The van der Waals surface area contributed by atoms with E-state index < -0.39 is 0 Å². The molecule has 2 aromatic rings. The smallest absolute Gasteiger partial charge is 0.231 e. The highest BCUT2D eigenvalue weighted by molar-refractivity contribution is 6.00. The number of anilines is 1. The van der Waals surface area contributed by atoms with Gasteiger partial charge in [-0.2, -0.15) is 0 Å². The molecule has 0 aliphatic carbocycles. The number of carbonyl (C=O) groups is 2. The summed E-state index contributed by atoms with van der Waals surface area (Å²) in [5.74, 6) is 0.822. The van der Waals surface area contributed by atoms with Crippen LogP contribution in [0.4, 0.5) is 5.69 Å². The summed E-state index contributed by atoms with van der Waals surface area (Å²) in [6.07, 6.45) is 1.91. The van der Waals surface area contributed by atoms with Gasteiger partial charge in [0.2, 0.25) is 18.6 Å². The minimum absolute atomic E-state index is 0.0488. The van der Waals surface area contributed by atoms with E-state index in [2.05, 4.69) is 4.98 Å². The van der Waals surface area contributed by atoms with Gasteiger partial charge in [0.25, 0.3) is 0 Å². The summed E-state index contributed by atoms with van der Waals surface area (Å²) >= 11 is 0. The third-order valence-corrected chi connectivity index (χ3v) is 4.64. The van der Waals surface area contributed by atoms with Gasteiger partial charge in [0.15, 0.2) is 11.5 Å². The Kier molecular flexibility index (Phi) is 4.20. The predicted molar refractivity (Wildman–Crippen MR) is 93.7 cm³/mol. The number of hydrogen-bond acceptors (Lipinski definition) is 5. The van der Waals surface area contributed by atoms with E-state index in [1.807, 2.05) is 24.3 Å². The van der Waals surface area contributed by atoms with Gasteiger partial charge in [0.05, 0.1) is 18.2 Å². The molecule has 0 saturated carbocycles. The van der Waals surface area contributed by atoms with Crippen molar-refractivity contribution < 1.29 is 19.1 Å². The molecule has 1 atom stereocenters. The molecule has 0 N–H and O–H groups in total. The number of aromatic nitrogens is 1. The molecule has 1 aromatic heterocycles. The monoisotopic (exact) mass is 353 g/mol. The fourth-order valence-corrected chi connectivity index (χ4v) is 3.30. The molecule has 26 heavy (non-hydrogen) atoms. The van der Waals surface area contributed by atoms with Gasteiger partial charge in [-0.3, -0.25) is 14.6 Å². The average molecular weight is 353 g/mol. The second-order valence-corrected chi connectivity index (χ2v) is 6.46. The normalized spacial score (nSPS) is 18.3. The van der Waals surface area contributed by atoms with Gasteiger partial charge in [-0.25, -0.2) is 0 Å². The van der Waals surface area contributed by atoms with E-state index in [4.69, 9.17) is 9.47 Å². The van der Waals surface area contributed by atoms with E-state index in [-0.39, 0.29) is 30.9 Å². The van der Waals surface area contributed by atoms with E-state index in [0.29, 0.717) is 24.6 Å². The van der Waals surface area contributed by atoms with Crippen LogP contribution >= 0.6 is 0 Å². The van der Waals surface area contributed by atoms with Crippen LogP contribution in [0.1, 0.15) is 12.1 Å². The number of nitrogens with zero attached hydrogens (tertiary/aromatic N) is 3. The van der Waals surface area contributed by atoms with Crippen LogP contribution in [0, 0.1) is 5.92 Å². The number of fused-ring (bicyclic) bond motifs is 1. The molecule has 0 spiro atoms. The summed E-state index contributed by atoms with van der Waals surface area (Å²) in [5.41, 5.74) is 1.54. The van der Waals surface area contributed by atoms with Gasteiger partial charge in [0, 0.05) is 38.0 Å². The van der Waals surface area contributed by atoms with E-state index in [9.17, 15) is 9.59 Å². The zero-order valence-corrected chi connectivity index (χ0v) is 14.4. The summed E-state index contributed by atoms with van der Waals surface area (Å²) in [7, 11) is 1.74. The van der Waals surface area contributed by atoms with E-state index in [1.54, 1.807) is 35.2 Å². The minimum Gasteiger partial charge on any atom is -0.454 e. The highest BCUT2D eigenvalue weighted by atomic mass is 16.7. The highest BCUT2D eigenvalue weighted by Crippen LogP contribution is 2.37. The number of amides is 2. The maximum Gasteiger partial charge on any atom is 0.231 e. The largest absolute Gasteiger partial charge is 0.454 e. The highest BCUT2D eigenvalue weighted by Gasteiger charge is 2.37. The molecule has 1 fully saturated rings. The third-order valence-electron chi connectivity index (χ3n) is 4.64. The topological polar surface area (TPSA) is 72.0 Å². The number of pyridine rings is 1. The SMILES string of the molecule is CN(Cc1ccccn1)C(=O)[C@H]1CC(=O)N(c2ccc3c(c2)OCO3)C1. The lowest BCUT2D eigenvalue weighted by Crippen LogP contribution is -2.34. The molecule has 7 heteroatoms. The maximum absolute atomic E-state index is 12.7. The molecule has 7 nitrogen and oxygen atoms in total. The third kappa shape index (κ3) is 3.08. The summed E-state index contributed by atoms with van der Waals surface area (Å²) in [6.45, 7) is 0.977. The molecule has 3 heterocycles. The Bertz CT molecular complexity index is 840. The van der Waals surface area contributed by atoms with Crippen LogP contribution in [0.5, 0.6) is 11.5 Å². The lowest BCUT2D eigenvalue weighted by atomic mass is 10.1. The first-order valence-electron chi connectivity index (χ1n) is 8.47. The Balaban J connectivity index is 1.44. The Labute approximate surface area is 151 Å². The molecular formula is C19H19N3O4. The zero-order valence-electron chi connectivity index (χ0n) is 14.4. The van der Waals surface area contributed by atoms with E-state index in [0.717, 1.165) is 11.4 Å². The van der Waals surface area contributed by atoms with Crippen LogP contribution in [0.25, 0.3) is 0 Å². The maximum atomic E-state index is 12.7. The molecule has 2 aliphatic rings. The number of carbonyl (C=O) groups excluding carboxylic acids is 2. The molecule has 0 radical (unpaired) electrons. The van der Waals surface area contributed by atoms with Crippen molar-refractivity contribution in [2.24, 2.45) is 5.92 Å². The van der Waals surface area contributed by atoms with Gasteiger partial charge < -0.3 is 19.3 Å². The predicted octanol–water partition coefficient (Wildman–Crippen LogP) is 1.82. The minimum atomic E-state index is -0.360. The lowest BCUT2D eigenvalue weighted by Gasteiger charge is -2.21. The van der Waals surface area contributed by atoms with Crippen molar-refractivity contribution in [3.05, 3.63) is 48.3 Å². The van der Waals surface area contributed by atoms with Crippen molar-refractivity contribution in [1.29, 1.82) is 0 Å². The van der Waals surface area contributed by atoms with Gasteiger partial charge >= 0.3 is 0 Å². The first-order chi connectivity index (χ1) is 12.6. The van der Waals surface area contributed by atoms with Crippen molar-refractivity contribution in [3.63, 3.8) is 0 Å². The molecule has 0 unspecified atom stereocenters. The molecule has 134 valence electrons. The quantitative estimate of drug-likeness (QED) is 0.838. The zero-order chi connectivity index (χ0) is 18.1. The molecule has 1 saturated heterocycles. The molecule has 2 amide bonds. The Morgan fingerprint density at radius 2 is 2.12 bits per heavy atom. The van der Waals surface area contributed by atoms with Crippen molar-refractivity contribution in [1.82, 2.24) is 9.88 Å². The standard InChI is InChI=1S/C19H19N3O4/c1-21(11-14-4-2-3-7-20-14)19(24)13-8-18(23)22(10-13)15-5-6-16-17(9-15)26-12-25-16/h2-7,9,13H,8,10-12H2,1H3/t13-/m0/s1. The molecule has 0 bridgehead atoms. The Morgan fingerprint density at radius 1 is 1.27 bits per heavy atom. The van der Waals surface area contributed by atoms with Gasteiger partial charge in [-0.15, -0.1) is 0 Å². The number of rotatable bonds is 4. The summed E-state index contributed by atoms with van der Waals surface area (Å²) in [6, 6.07) is 11.0. The van der Waals surface area contributed by atoms with Crippen LogP contribution in [0.2, 0.25) is 0 Å². The molecule has 2 aliphatic heterocycles. The van der Waals surface area contributed by atoms with Gasteiger partial charge in [-0.1, -0.05) is 6.07 Å². The fraction of sp³-hybridized carbons (Fsp3) is 0.316. The van der Waals surface area contributed by atoms with Gasteiger partial charge in [0.1, 0.15) is 0 Å². The molecule has 4 rings (SSSR count). The van der Waals surface area contributed by atoms with Crippen LogP contribution in [0.15, 0.2) is 42.6 Å². The van der Waals surface area contributed by atoms with Crippen molar-refractivity contribution in [3.8, 4) is 11.5 Å². The Morgan fingerprint density at radius 3 is 2.92 bits per heavy atom. The van der Waals surface area contributed by atoms with Crippen LogP contribution in [-0.2, 0) is 16.1 Å². The second-order valence-electron chi connectivity index (χ2n) is 6.46. The van der Waals surface area contributed by atoms with Crippen molar-refractivity contribution in [2.75, 3.05) is 25.3 Å². The Hall–Kier alpha value is -3.09. The van der Waals surface area contributed by atoms with Crippen molar-refractivity contribution >= 4 is 17.5 Å².